The fourth-order valence-electron chi connectivity index (χ4n) is 2.50. The van der Waals surface area contributed by atoms with E-state index >= 15 is 0 Å². The van der Waals surface area contributed by atoms with Crippen LogP contribution in [0.5, 0.6) is 0 Å². The summed E-state index contributed by atoms with van der Waals surface area (Å²) in [5.41, 5.74) is 1.33. The van der Waals surface area contributed by atoms with Crippen molar-refractivity contribution in [2.75, 3.05) is 18.4 Å². The molecule has 1 aromatic rings. The van der Waals surface area contributed by atoms with Crippen LogP contribution in [0.15, 0.2) is 18.5 Å². The maximum Gasteiger partial charge on any atom is 0.317 e. The van der Waals surface area contributed by atoms with Gasteiger partial charge in [-0.25, -0.2) is 0 Å². The van der Waals surface area contributed by atoms with Gasteiger partial charge in [0.2, 0.25) is 0 Å². The van der Waals surface area contributed by atoms with Crippen LogP contribution in [0.25, 0.3) is 0 Å². The number of pyridine rings is 1. The van der Waals surface area contributed by atoms with Crippen LogP contribution < -0.4 is 5.32 Å². The van der Waals surface area contributed by atoms with E-state index in [1.807, 2.05) is 11.8 Å². The molecule has 106 valence electrons. The Morgan fingerprint density at radius 2 is 2.40 bits per heavy atom. The highest BCUT2D eigenvalue weighted by Crippen LogP contribution is 2.29. The molecule has 0 atom stereocenters. The van der Waals surface area contributed by atoms with Gasteiger partial charge in [-0.1, -0.05) is 6.92 Å². The summed E-state index contributed by atoms with van der Waals surface area (Å²) in [7, 11) is 0. The van der Waals surface area contributed by atoms with E-state index in [-0.39, 0.29) is 12.6 Å². The highest BCUT2D eigenvalue weighted by molar-refractivity contribution is 5.69. The van der Waals surface area contributed by atoms with Gasteiger partial charge in [0.05, 0.1) is 24.0 Å². The van der Waals surface area contributed by atoms with Crippen LogP contribution in [0.2, 0.25) is 0 Å². The molecule has 20 heavy (non-hydrogen) atoms. The number of carbonyl (C=O) groups is 1. The first-order valence-corrected chi connectivity index (χ1v) is 6.70. The molecular formula is C14H18N4O2. The lowest BCUT2D eigenvalue weighted by Crippen LogP contribution is -2.51. The molecule has 6 nitrogen and oxygen atoms in total. The third-order valence-electron chi connectivity index (χ3n) is 3.68. The van der Waals surface area contributed by atoms with Gasteiger partial charge in [-0.2, -0.15) is 5.26 Å². The third kappa shape index (κ3) is 3.25. The van der Waals surface area contributed by atoms with Crippen LogP contribution in [-0.2, 0) is 4.79 Å². The highest BCUT2D eigenvalue weighted by atomic mass is 16.4. The quantitative estimate of drug-likeness (QED) is 0.812. The van der Waals surface area contributed by atoms with Gasteiger partial charge in [-0.3, -0.25) is 14.7 Å². The minimum Gasteiger partial charge on any atom is -0.480 e. The molecule has 0 aliphatic heterocycles. The van der Waals surface area contributed by atoms with Crippen molar-refractivity contribution in [2.24, 2.45) is 0 Å². The fourth-order valence-corrected chi connectivity index (χ4v) is 2.50. The van der Waals surface area contributed by atoms with Crippen LogP contribution in [0.3, 0.4) is 0 Å². The molecule has 1 aromatic heterocycles. The third-order valence-corrected chi connectivity index (χ3v) is 3.68. The average Bonchev–Trinajstić information content (AvgIpc) is 2.40. The van der Waals surface area contributed by atoms with Crippen LogP contribution in [0.1, 0.15) is 25.3 Å². The van der Waals surface area contributed by atoms with Crippen molar-refractivity contribution in [3.8, 4) is 6.07 Å². The number of rotatable bonds is 6. The summed E-state index contributed by atoms with van der Waals surface area (Å²) in [6.45, 7) is 2.79. The van der Waals surface area contributed by atoms with E-state index in [4.69, 9.17) is 10.4 Å². The molecule has 0 aromatic carbocycles. The van der Waals surface area contributed by atoms with E-state index in [0.717, 1.165) is 25.1 Å². The first-order chi connectivity index (χ1) is 9.63. The van der Waals surface area contributed by atoms with E-state index in [1.165, 1.54) is 0 Å². The predicted molar refractivity (Wildman–Crippen MR) is 74.3 cm³/mol. The number of carboxylic acid groups (broad SMARTS) is 1. The topological polar surface area (TPSA) is 89.2 Å². The summed E-state index contributed by atoms with van der Waals surface area (Å²) < 4.78 is 0. The van der Waals surface area contributed by atoms with Crippen LogP contribution in [0.4, 0.5) is 5.69 Å². The molecule has 0 bridgehead atoms. The Labute approximate surface area is 118 Å². The van der Waals surface area contributed by atoms with Gasteiger partial charge in [-0.05, 0) is 25.5 Å². The molecule has 6 heteroatoms. The van der Waals surface area contributed by atoms with Gasteiger partial charge in [0.25, 0.3) is 0 Å². The molecule has 0 amide bonds. The number of hydrogen-bond acceptors (Lipinski definition) is 5. The fraction of sp³-hybridized carbons (Fsp3) is 0.500. The van der Waals surface area contributed by atoms with Crippen LogP contribution in [-0.4, -0.2) is 46.1 Å². The van der Waals surface area contributed by atoms with Crippen molar-refractivity contribution in [3.05, 3.63) is 24.0 Å². The second-order valence-electron chi connectivity index (χ2n) is 4.96. The van der Waals surface area contributed by atoms with Crippen molar-refractivity contribution < 1.29 is 9.90 Å². The molecule has 0 saturated heterocycles. The second kappa shape index (κ2) is 6.35. The van der Waals surface area contributed by atoms with Gasteiger partial charge in [-0.15, -0.1) is 0 Å². The number of nitriles is 1. The Bertz CT molecular complexity index is 520. The lowest BCUT2D eigenvalue weighted by atomic mass is 9.85. The lowest BCUT2D eigenvalue weighted by Gasteiger charge is -2.42. The molecule has 2 N–H and O–H groups in total. The first kappa shape index (κ1) is 14.3. The zero-order valence-electron chi connectivity index (χ0n) is 11.4. The van der Waals surface area contributed by atoms with E-state index < -0.39 is 5.97 Å². The summed E-state index contributed by atoms with van der Waals surface area (Å²) in [4.78, 5) is 16.7. The molecular weight excluding hydrogens is 256 g/mol. The Morgan fingerprint density at radius 3 is 3.00 bits per heavy atom. The summed E-state index contributed by atoms with van der Waals surface area (Å²) >= 11 is 0. The van der Waals surface area contributed by atoms with Crippen LogP contribution in [0, 0.1) is 11.3 Å². The molecule has 1 heterocycles. The van der Waals surface area contributed by atoms with Gasteiger partial charge in [0, 0.05) is 18.3 Å². The van der Waals surface area contributed by atoms with Crippen molar-refractivity contribution >= 4 is 11.7 Å². The molecule has 0 unspecified atom stereocenters. The van der Waals surface area contributed by atoms with Gasteiger partial charge < -0.3 is 10.4 Å². The monoisotopic (exact) mass is 274 g/mol. The predicted octanol–water partition coefficient (Wildman–Crippen LogP) is 1.30. The van der Waals surface area contributed by atoms with E-state index in [2.05, 4.69) is 16.4 Å². The van der Waals surface area contributed by atoms with E-state index in [9.17, 15) is 4.79 Å². The summed E-state index contributed by atoms with van der Waals surface area (Å²) in [5, 5.41) is 21.2. The van der Waals surface area contributed by atoms with Crippen molar-refractivity contribution in [2.45, 2.75) is 31.8 Å². The molecule has 1 aliphatic rings. The van der Waals surface area contributed by atoms with Gasteiger partial charge in [0.15, 0.2) is 0 Å². The maximum atomic E-state index is 10.8. The number of anilines is 1. The summed E-state index contributed by atoms with van der Waals surface area (Å²) in [6.07, 6.45) is 5.03. The van der Waals surface area contributed by atoms with Gasteiger partial charge in [0.1, 0.15) is 6.07 Å². The number of likely N-dealkylation sites (N-methyl/N-ethyl adjacent to an activating group) is 1. The van der Waals surface area contributed by atoms with Crippen molar-refractivity contribution in [1.82, 2.24) is 9.88 Å². The lowest BCUT2D eigenvalue weighted by molar-refractivity contribution is -0.139. The zero-order chi connectivity index (χ0) is 14.5. The van der Waals surface area contributed by atoms with Gasteiger partial charge >= 0.3 is 5.97 Å². The largest absolute Gasteiger partial charge is 0.480 e. The standard InChI is InChI=1S/C14H18N4O2/c1-2-18(9-14(19)20)12-5-11(6-12)17-13-8-16-4-3-10(13)7-15/h3-4,8,11-12,17H,2,5-6,9H2,1H3,(H,19,20). The molecule has 0 radical (unpaired) electrons. The number of aromatic nitrogens is 1. The molecule has 1 fully saturated rings. The number of nitrogens with one attached hydrogen (secondary N) is 1. The Hall–Kier alpha value is -2.13. The smallest absolute Gasteiger partial charge is 0.317 e. The maximum absolute atomic E-state index is 10.8. The molecule has 1 aliphatic carbocycles. The Kier molecular flexibility index (Phi) is 4.53. The highest BCUT2D eigenvalue weighted by Gasteiger charge is 2.33. The first-order valence-electron chi connectivity index (χ1n) is 6.70. The van der Waals surface area contributed by atoms with Crippen molar-refractivity contribution in [3.63, 3.8) is 0 Å². The molecule has 1 saturated carbocycles. The van der Waals surface area contributed by atoms with E-state index in [1.54, 1.807) is 18.5 Å². The number of carboxylic acids is 1. The minimum absolute atomic E-state index is 0.0875. The van der Waals surface area contributed by atoms with E-state index in [0.29, 0.717) is 11.6 Å². The summed E-state index contributed by atoms with van der Waals surface area (Å²) in [6, 6.07) is 4.39. The zero-order valence-corrected chi connectivity index (χ0v) is 11.4. The number of nitrogens with zero attached hydrogens (tertiary/aromatic N) is 3. The van der Waals surface area contributed by atoms with Crippen LogP contribution >= 0.6 is 0 Å². The van der Waals surface area contributed by atoms with Crippen molar-refractivity contribution in [1.29, 1.82) is 5.26 Å². The number of hydrogen-bond donors (Lipinski definition) is 2. The SMILES string of the molecule is CCN(CC(=O)O)C1CC(Nc2cnccc2C#N)C1. The molecule has 0 spiro atoms. The normalized spacial score (nSPS) is 21.1. The number of aliphatic carboxylic acids is 1. The Morgan fingerprint density at radius 1 is 1.65 bits per heavy atom. The Balaban J connectivity index is 1.87. The average molecular weight is 274 g/mol. The second-order valence-corrected chi connectivity index (χ2v) is 4.96. The molecule has 2 rings (SSSR count). The summed E-state index contributed by atoms with van der Waals surface area (Å²) in [5.74, 6) is -0.790. The minimum atomic E-state index is -0.790.